The average Bonchev–Trinajstić information content (AvgIpc) is 2.29. The molecule has 86 valence electrons. The molecule has 2 heteroatoms. The van der Waals surface area contributed by atoms with Crippen molar-refractivity contribution >= 4 is 0 Å². The number of hydrogen-bond acceptors (Lipinski definition) is 2. The molecule has 1 aromatic rings. The molecule has 16 heavy (non-hydrogen) atoms. The lowest BCUT2D eigenvalue weighted by atomic mass is 10.0. The van der Waals surface area contributed by atoms with E-state index in [4.69, 9.17) is 9.47 Å². The van der Waals surface area contributed by atoms with Crippen LogP contribution in [-0.4, -0.2) is 14.2 Å². The first kappa shape index (κ1) is 12.4. The quantitative estimate of drug-likeness (QED) is 0.683. The summed E-state index contributed by atoms with van der Waals surface area (Å²) in [4.78, 5) is 0. The molecule has 0 aliphatic rings. The van der Waals surface area contributed by atoms with Crippen molar-refractivity contribution in [2.75, 3.05) is 14.2 Å². The summed E-state index contributed by atoms with van der Waals surface area (Å²) in [5.41, 5.74) is 2.26. The van der Waals surface area contributed by atoms with Gasteiger partial charge in [0.1, 0.15) is 0 Å². The predicted octanol–water partition coefficient (Wildman–Crippen LogP) is 3.16. The maximum absolute atomic E-state index is 5.35. The smallest absolute Gasteiger partial charge is 0.164 e. The second kappa shape index (κ2) is 6.01. The first-order valence-corrected chi connectivity index (χ1v) is 5.22. The Morgan fingerprint density at radius 1 is 1.06 bits per heavy atom. The molecule has 0 heterocycles. The van der Waals surface area contributed by atoms with E-state index in [0.717, 1.165) is 29.9 Å². The van der Waals surface area contributed by atoms with Gasteiger partial charge < -0.3 is 9.47 Å². The van der Waals surface area contributed by atoms with Crippen LogP contribution in [0.5, 0.6) is 11.5 Å². The number of hydrogen-bond donors (Lipinski definition) is 0. The summed E-state index contributed by atoms with van der Waals surface area (Å²) in [5.74, 6) is 1.55. The van der Waals surface area contributed by atoms with E-state index in [-0.39, 0.29) is 0 Å². The minimum Gasteiger partial charge on any atom is -0.493 e. The van der Waals surface area contributed by atoms with E-state index in [2.05, 4.69) is 19.2 Å². The van der Waals surface area contributed by atoms with Gasteiger partial charge in [0.2, 0.25) is 0 Å². The van der Waals surface area contributed by atoms with E-state index in [9.17, 15) is 0 Å². The maximum atomic E-state index is 5.35. The van der Waals surface area contributed by atoms with Gasteiger partial charge in [0.15, 0.2) is 11.5 Å². The highest BCUT2D eigenvalue weighted by Crippen LogP contribution is 2.33. The van der Waals surface area contributed by atoms with Crippen LogP contribution in [0, 0.1) is 0 Å². The molecule has 0 fully saturated rings. The standard InChI is InChI=1S/C14H18O2/c1-5-7-11-9-12(8-6-2)14(16-4)13(10-11)15-3/h5-6,9-10H,1-2,7-8H2,3-4H3. The van der Waals surface area contributed by atoms with E-state index in [1.807, 2.05) is 18.2 Å². The van der Waals surface area contributed by atoms with Gasteiger partial charge in [-0.25, -0.2) is 0 Å². The summed E-state index contributed by atoms with van der Waals surface area (Å²) in [7, 11) is 3.30. The van der Waals surface area contributed by atoms with E-state index in [1.165, 1.54) is 5.56 Å². The molecule has 0 unspecified atom stereocenters. The molecule has 0 saturated carbocycles. The van der Waals surface area contributed by atoms with Crippen LogP contribution in [0.2, 0.25) is 0 Å². The molecule has 0 bridgehead atoms. The van der Waals surface area contributed by atoms with E-state index in [1.54, 1.807) is 14.2 Å². The van der Waals surface area contributed by atoms with Gasteiger partial charge in [-0.15, -0.1) is 13.2 Å². The zero-order chi connectivity index (χ0) is 12.0. The van der Waals surface area contributed by atoms with Crippen molar-refractivity contribution in [2.45, 2.75) is 12.8 Å². The first-order chi connectivity index (χ1) is 7.76. The zero-order valence-corrected chi connectivity index (χ0v) is 9.95. The molecular formula is C14H18O2. The monoisotopic (exact) mass is 218 g/mol. The van der Waals surface area contributed by atoms with Crippen molar-refractivity contribution in [1.29, 1.82) is 0 Å². The molecule has 0 spiro atoms. The van der Waals surface area contributed by atoms with Crippen LogP contribution in [0.25, 0.3) is 0 Å². The van der Waals surface area contributed by atoms with Crippen molar-refractivity contribution in [1.82, 2.24) is 0 Å². The Kier molecular flexibility index (Phi) is 4.65. The highest BCUT2D eigenvalue weighted by molar-refractivity contribution is 5.50. The van der Waals surface area contributed by atoms with Crippen LogP contribution >= 0.6 is 0 Å². The summed E-state index contributed by atoms with van der Waals surface area (Å²) in [6.07, 6.45) is 5.32. The number of benzene rings is 1. The molecule has 0 N–H and O–H groups in total. The van der Waals surface area contributed by atoms with Crippen LogP contribution in [0.1, 0.15) is 11.1 Å². The van der Waals surface area contributed by atoms with E-state index >= 15 is 0 Å². The lowest BCUT2D eigenvalue weighted by Crippen LogP contribution is -1.97. The Labute approximate surface area is 97.2 Å². The highest BCUT2D eigenvalue weighted by atomic mass is 16.5. The van der Waals surface area contributed by atoms with Crippen LogP contribution in [0.3, 0.4) is 0 Å². The summed E-state index contributed by atoms with van der Waals surface area (Å²) in [6.45, 7) is 7.48. The SMILES string of the molecule is C=CCc1cc(CC=C)c(OC)c(OC)c1. The van der Waals surface area contributed by atoms with Crippen molar-refractivity contribution in [2.24, 2.45) is 0 Å². The van der Waals surface area contributed by atoms with Crippen LogP contribution in [-0.2, 0) is 12.8 Å². The van der Waals surface area contributed by atoms with Gasteiger partial charge in [-0.3, -0.25) is 0 Å². The Balaban J connectivity index is 3.24. The molecule has 0 aliphatic carbocycles. The van der Waals surface area contributed by atoms with Gasteiger partial charge in [-0.05, 0) is 24.5 Å². The van der Waals surface area contributed by atoms with Gasteiger partial charge in [0.25, 0.3) is 0 Å². The Bertz CT molecular complexity index is 381. The van der Waals surface area contributed by atoms with Crippen molar-refractivity contribution in [3.8, 4) is 11.5 Å². The fourth-order valence-electron chi connectivity index (χ4n) is 1.70. The minimum absolute atomic E-state index is 0.763. The fourth-order valence-corrected chi connectivity index (χ4v) is 1.70. The lowest BCUT2D eigenvalue weighted by molar-refractivity contribution is 0.352. The summed E-state index contributed by atoms with van der Waals surface area (Å²) in [6, 6.07) is 4.08. The van der Waals surface area contributed by atoms with E-state index in [0.29, 0.717) is 0 Å². The molecule has 0 aromatic heterocycles. The third-order valence-corrected chi connectivity index (χ3v) is 2.36. The summed E-state index contributed by atoms with van der Waals surface area (Å²) >= 11 is 0. The number of rotatable bonds is 6. The predicted molar refractivity (Wildman–Crippen MR) is 67.3 cm³/mol. The molecular weight excluding hydrogens is 200 g/mol. The van der Waals surface area contributed by atoms with Crippen molar-refractivity contribution in [3.05, 3.63) is 48.6 Å². The second-order valence-corrected chi connectivity index (χ2v) is 3.48. The molecule has 1 aromatic carbocycles. The summed E-state index contributed by atoms with van der Waals surface area (Å²) in [5, 5.41) is 0. The molecule has 0 amide bonds. The maximum Gasteiger partial charge on any atom is 0.164 e. The molecule has 2 nitrogen and oxygen atoms in total. The third kappa shape index (κ3) is 2.66. The van der Waals surface area contributed by atoms with E-state index < -0.39 is 0 Å². The molecule has 0 aliphatic heterocycles. The number of allylic oxidation sites excluding steroid dienone is 2. The number of methoxy groups -OCH3 is 2. The third-order valence-electron chi connectivity index (χ3n) is 2.36. The molecule has 0 saturated heterocycles. The molecule has 1 rings (SSSR count). The largest absolute Gasteiger partial charge is 0.493 e. The van der Waals surface area contributed by atoms with Crippen molar-refractivity contribution < 1.29 is 9.47 Å². The zero-order valence-electron chi connectivity index (χ0n) is 9.95. The highest BCUT2D eigenvalue weighted by Gasteiger charge is 2.10. The second-order valence-electron chi connectivity index (χ2n) is 3.48. The Morgan fingerprint density at radius 3 is 2.25 bits per heavy atom. The van der Waals surface area contributed by atoms with Crippen molar-refractivity contribution in [3.63, 3.8) is 0 Å². The Hall–Kier alpha value is -1.70. The average molecular weight is 218 g/mol. The molecule has 0 radical (unpaired) electrons. The van der Waals surface area contributed by atoms with Gasteiger partial charge in [0.05, 0.1) is 14.2 Å². The fraction of sp³-hybridized carbons (Fsp3) is 0.286. The van der Waals surface area contributed by atoms with Gasteiger partial charge in [-0.1, -0.05) is 18.2 Å². The van der Waals surface area contributed by atoms with Gasteiger partial charge in [-0.2, -0.15) is 0 Å². The van der Waals surface area contributed by atoms with Gasteiger partial charge >= 0.3 is 0 Å². The van der Waals surface area contributed by atoms with Crippen LogP contribution in [0.15, 0.2) is 37.4 Å². The summed E-state index contributed by atoms with van der Waals surface area (Å²) < 4.78 is 10.7. The number of ether oxygens (including phenoxy) is 2. The topological polar surface area (TPSA) is 18.5 Å². The molecule has 0 atom stereocenters. The van der Waals surface area contributed by atoms with Crippen LogP contribution in [0.4, 0.5) is 0 Å². The first-order valence-electron chi connectivity index (χ1n) is 5.22. The normalized spacial score (nSPS) is 9.62. The van der Waals surface area contributed by atoms with Crippen LogP contribution < -0.4 is 9.47 Å². The minimum atomic E-state index is 0.763. The van der Waals surface area contributed by atoms with Gasteiger partial charge in [0, 0.05) is 5.56 Å². The lowest BCUT2D eigenvalue weighted by Gasteiger charge is -2.13. The Morgan fingerprint density at radius 2 is 1.75 bits per heavy atom.